The highest BCUT2D eigenvalue weighted by Crippen LogP contribution is 2.22. The Hall–Kier alpha value is -5.59. The number of halogens is 2. The van der Waals surface area contributed by atoms with Crippen molar-refractivity contribution >= 4 is 68.5 Å². The van der Waals surface area contributed by atoms with Crippen LogP contribution in [0.15, 0.2) is 79.9 Å². The zero-order valence-electron chi connectivity index (χ0n) is 27.4. The zero-order valence-corrected chi connectivity index (χ0v) is 28.9. The molecule has 12 nitrogen and oxygen atoms in total. The minimum atomic E-state index is -1.17. The number of nitrogens with zero attached hydrogens (tertiary/aromatic N) is 6. The summed E-state index contributed by atoms with van der Waals surface area (Å²) in [6.07, 6.45) is 6.21. The highest BCUT2D eigenvalue weighted by atomic mass is 35.5. The lowest BCUT2D eigenvalue weighted by Gasteiger charge is -2.06. The van der Waals surface area contributed by atoms with Gasteiger partial charge in [0.25, 0.3) is 0 Å². The monoisotopic (exact) mass is 714 g/mol. The van der Waals surface area contributed by atoms with E-state index in [2.05, 4.69) is 26.7 Å². The van der Waals surface area contributed by atoms with Gasteiger partial charge >= 0.3 is 11.9 Å². The van der Waals surface area contributed by atoms with Crippen molar-refractivity contribution < 1.29 is 29.0 Å². The highest BCUT2D eigenvalue weighted by molar-refractivity contribution is 6.31. The second-order valence-corrected chi connectivity index (χ2v) is 11.8. The van der Waals surface area contributed by atoms with Crippen molar-refractivity contribution in [2.24, 2.45) is 0 Å². The lowest BCUT2D eigenvalue weighted by Crippen LogP contribution is -2.07. The van der Waals surface area contributed by atoms with Crippen molar-refractivity contribution in [1.82, 2.24) is 29.5 Å². The molecule has 0 aliphatic carbocycles. The van der Waals surface area contributed by atoms with Gasteiger partial charge in [0, 0.05) is 42.5 Å². The van der Waals surface area contributed by atoms with Crippen LogP contribution in [0.5, 0.6) is 0 Å². The molecular weight excluding hydrogens is 683 g/mol. The van der Waals surface area contributed by atoms with E-state index in [4.69, 9.17) is 37.8 Å². The van der Waals surface area contributed by atoms with Gasteiger partial charge < -0.3 is 14.6 Å². The Morgan fingerprint density at radius 3 is 1.72 bits per heavy atom. The third kappa shape index (κ3) is 8.52. The third-order valence-electron chi connectivity index (χ3n) is 7.28. The van der Waals surface area contributed by atoms with Crippen molar-refractivity contribution in [2.45, 2.75) is 33.9 Å². The van der Waals surface area contributed by atoms with Gasteiger partial charge in [-0.05, 0) is 61.4 Å². The quantitative estimate of drug-likeness (QED) is 0.0819. The molecule has 4 heterocycles. The maximum atomic E-state index is 12.3. The molecule has 6 rings (SSSR count). The summed E-state index contributed by atoms with van der Waals surface area (Å²) in [5.74, 6) is -1.66. The molecule has 0 unspecified atom stereocenters. The van der Waals surface area contributed by atoms with E-state index in [1.807, 2.05) is 49.4 Å². The second kappa shape index (κ2) is 15.7. The molecule has 2 aromatic carbocycles. The van der Waals surface area contributed by atoms with Gasteiger partial charge in [-0.25, -0.2) is 9.59 Å². The van der Waals surface area contributed by atoms with Crippen LogP contribution in [0.25, 0.3) is 27.6 Å². The van der Waals surface area contributed by atoms with E-state index in [1.54, 1.807) is 36.3 Å². The van der Waals surface area contributed by atoms with Crippen LogP contribution < -0.4 is 0 Å². The topological polar surface area (TPSA) is 151 Å². The molecule has 0 radical (unpaired) electrons. The van der Waals surface area contributed by atoms with E-state index >= 15 is 0 Å². The van der Waals surface area contributed by atoms with Gasteiger partial charge in [-0.1, -0.05) is 41.9 Å². The van der Waals surface area contributed by atoms with Crippen LogP contribution in [0.4, 0.5) is 0 Å². The minimum absolute atomic E-state index is 0.0389. The van der Waals surface area contributed by atoms with E-state index in [0.717, 1.165) is 32.9 Å². The first-order chi connectivity index (χ1) is 23.9. The summed E-state index contributed by atoms with van der Waals surface area (Å²) in [5, 5.41) is 20.6. The van der Waals surface area contributed by atoms with E-state index in [0.29, 0.717) is 46.8 Å². The third-order valence-corrected chi connectivity index (χ3v) is 7.69. The molecule has 0 spiro atoms. The maximum absolute atomic E-state index is 12.3. The summed E-state index contributed by atoms with van der Waals surface area (Å²) in [6.45, 7) is 10.3. The smallest absolute Gasteiger partial charge is 0.342 e. The standard InChI is InChI=1S/C20H20ClN3O3.C16H12ClN3O3/c1-4-26-13(3)19-17(20(25)27-5-2)12-24(23-19)11-14-6-7-18-15(8-14)9-16(21)10-22-18;1-9(21)15-13(16(22)23)8-20(19-15)7-10-2-3-14-11(4-10)5-12(17)6-18-14/h6-10,12H,3-5,11H2,1-2H3;2-6,8H,7H2,1H3,(H,22,23). The van der Waals surface area contributed by atoms with Crippen molar-refractivity contribution in [2.75, 3.05) is 13.2 Å². The zero-order chi connectivity index (χ0) is 35.9. The number of aromatic nitrogens is 6. The van der Waals surface area contributed by atoms with Crippen LogP contribution in [0, 0.1) is 0 Å². The Balaban J connectivity index is 0.000000197. The Bertz CT molecular complexity index is 2180. The molecule has 4 aromatic heterocycles. The van der Waals surface area contributed by atoms with Crippen LogP contribution in [-0.2, 0) is 22.6 Å². The number of carbonyl (C=O) groups is 3. The summed E-state index contributed by atoms with van der Waals surface area (Å²) < 4.78 is 13.7. The van der Waals surface area contributed by atoms with Crippen LogP contribution in [0.2, 0.25) is 10.0 Å². The molecule has 50 heavy (non-hydrogen) atoms. The highest BCUT2D eigenvalue weighted by Gasteiger charge is 2.21. The number of aromatic carboxylic acids is 1. The predicted octanol–water partition coefficient (Wildman–Crippen LogP) is 7.35. The van der Waals surface area contributed by atoms with Crippen molar-refractivity contribution in [1.29, 1.82) is 0 Å². The maximum Gasteiger partial charge on any atom is 0.342 e. The number of rotatable bonds is 11. The van der Waals surface area contributed by atoms with Gasteiger partial charge in [0.15, 0.2) is 5.78 Å². The van der Waals surface area contributed by atoms with Gasteiger partial charge in [0.05, 0.1) is 47.4 Å². The van der Waals surface area contributed by atoms with Gasteiger partial charge in [0.1, 0.15) is 28.3 Å². The Labute approximate surface area is 296 Å². The molecule has 0 fully saturated rings. The average molecular weight is 716 g/mol. The molecule has 1 N–H and O–H groups in total. The number of carboxylic acids is 1. The molecule has 0 aliphatic rings. The first-order valence-electron chi connectivity index (χ1n) is 15.4. The van der Waals surface area contributed by atoms with Crippen molar-refractivity contribution in [3.63, 3.8) is 0 Å². The van der Waals surface area contributed by atoms with E-state index in [-0.39, 0.29) is 23.6 Å². The van der Waals surface area contributed by atoms with Gasteiger partial charge in [-0.3, -0.25) is 24.1 Å². The number of carboxylic acid groups (broad SMARTS) is 1. The molecule has 0 saturated carbocycles. The Morgan fingerprint density at radius 1 is 0.760 bits per heavy atom. The molecule has 0 saturated heterocycles. The van der Waals surface area contributed by atoms with E-state index in [9.17, 15) is 14.4 Å². The number of carbonyl (C=O) groups excluding carboxylic acids is 2. The summed E-state index contributed by atoms with van der Waals surface area (Å²) >= 11 is 12.0. The first kappa shape index (κ1) is 35.7. The number of pyridine rings is 2. The van der Waals surface area contributed by atoms with Crippen LogP contribution in [0.3, 0.4) is 0 Å². The van der Waals surface area contributed by atoms with Gasteiger partial charge in [-0.2, -0.15) is 10.2 Å². The molecule has 6 aromatic rings. The molecular formula is C36H32Cl2N6O6. The van der Waals surface area contributed by atoms with Gasteiger partial charge in [-0.15, -0.1) is 0 Å². The SMILES string of the molecule is C=C(OCC)c1nn(Cc2ccc3ncc(Cl)cc3c2)cc1C(=O)OCC.CC(=O)c1nn(Cc2ccc3ncc(Cl)cc3c2)cc1C(=O)O. The number of benzene rings is 2. The normalized spacial score (nSPS) is 10.8. The van der Waals surface area contributed by atoms with Crippen LogP contribution in [0.1, 0.15) is 68.8 Å². The molecule has 0 aliphatic heterocycles. The fraction of sp³-hybridized carbons (Fsp3) is 0.194. The van der Waals surface area contributed by atoms with Gasteiger partial charge in [0.2, 0.25) is 0 Å². The number of esters is 1. The molecule has 256 valence electrons. The number of ketones is 1. The molecule has 0 atom stereocenters. The second-order valence-electron chi connectivity index (χ2n) is 11.0. The number of Topliss-reactive ketones (excluding diaryl/α,β-unsaturated/α-hetero) is 1. The van der Waals surface area contributed by atoms with Crippen molar-refractivity contribution in [3.05, 3.63) is 124 Å². The number of fused-ring (bicyclic) bond motifs is 2. The van der Waals surface area contributed by atoms with E-state index in [1.165, 1.54) is 17.8 Å². The fourth-order valence-electron chi connectivity index (χ4n) is 5.11. The predicted molar refractivity (Wildman–Crippen MR) is 190 cm³/mol. The summed E-state index contributed by atoms with van der Waals surface area (Å²) in [6, 6.07) is 15.2. The first-order valence-corrected chi connectivity index (χ1v) is 16.2. The fourth-order valence-corrected chi connectivity index (χ4v) is 5.44. The lowest BCUT2D eigenvalue weighted by molar-refractivity contribution is 0.0524. The molecule has 14 heteroatoms. The summed E-state index contributed by atoms with van der Waals surface area (Å²) in [5.41, 5.74) is 4.16. The summed E-state index contributed by atoms with van der Waals surface area (Å²) in [7, 11) is 0. The average Bonchev–Trinajstić information content (AvgIpc) is 3.70. The lowest BCUT2D eigenvalue weighted by atomic mass is 10.1. The Morgan fingerprint density at radius 2 is 1.26 bits per heavy atom. The number of hydrogen-bond acceptors (Lipinski definition) is 9. The number of hydrogen-bond donors (Lipinski definition) is 1. The molecule has 0 amide bonds. The van der Waals surface area contributed by atoms with Crippen LogP contribution in [-0.4, -0.2) is 65.6 Å². The Kier molecular flexibility index (Phi) is 11.2. The van der Waals surface area contributed by atoms with Crippen molar-refractivity contribution in [3.8, 4) is 0 Å². The molecule has 0 bridgehead atoms. The van der Waals surface area contributed by atoms with E-state index < -0.39 is 11.9 Å². The number of ether oxygens (including phenoxy) is 2. The minimum Gasteiger partial charge on any atom is -0.492 e. The summed E-state index contributed by atoms with van der Waals surface area (Å²) in [4.78, 5) is 43.4. The largest absolute Gasteiger partial charge is 0.492 e. The van der Waals surface area contributed by atoms with Crippen LogP contribution >= 0.6 is 23.2 Å².